The van der Waals surface area contributed by atoms with Crippen molar-refractivity contribution in [2.45, 2.75) is 32.5 Å². The highest BCUT2D eigenvalue weighted by Gasteiger charge is 2.35. The van der Waals surface area contributed by atoms with E-state index in [0.29, 0.717) is 0 Å². The fourth-order valence-corrected chi connectivity index (χ4v) is 1.48. The average molecular weight is 184 g/mol. The predicted molar refractivity (Wildman–Crippen MR) is 45.5 cm³/mol. The third kappa shape index (κ3) is 1.97. The monoisotopic (exact) mass is 184 g/mol. The summed E-state index contributed by atoms with van der Waals surface area (Å²) in [6, 6.07) is 1.38. The summed E-state index contributed by atoms with van der Waals surface area (Å²) >= 11 is 0. The molecule has 0 aromatic heterocycles. The zero-order valence-corrected chi connectivity index (χ0v) is 7.83. The Bertz CT molecular complexity index is 246. The first-order chi connectivity index (χ1) is 6.06. The SMILES string of the molecule is CC(C)C(=O)N1C[C@H](F)C[C@H]1C#N. The highest BCUT2D eigenvalue weighted by Crippen LogP contribution is 2.21. The van der Waals surface area contributed by atoms with Gasteiger partial charge in [-0.15, -0.1) is 0 Å². The average Bonchev–Trinajstić information content (AvgIpc) is 2.45. The zero-order chi connectivity index (χ0) is 10.0. The molecule has 0 saturated carbocycles. The summed E-state index contributed by atoms with van der Waals surface area (Å²) < 4.78 is 12.9. The van der Waals surface area contributed by atoms with Crippen LogP contribution in [0.5, 0.6) is 0 Å². The molecule has 1 saturated heterocycles. The van der Waals surface area contributed by atoms with Gasteiger partial charge in [0.25, 0.3) is 0 Å². The molecule has 0 aromatic rings. The number of likely N-dealkylation sites (tertiary alicyclic amines) is 1. The van der Waals surface area contributed by atoms with Gasteiger partial charge in [0.15, 0.2) is 0 Å². The minimum Gasteiger partial charge on any atom is -0.323 e. The van der Waals surface area contributed by atoms with Gasteiger partial charge in [0.1, 0.15) is 12.2 Å². The van der Waals surface area contributed by atoms with Crippen molar-refractivity contribution in [2.24, 2.45) is 5.92 Å². The number of carbonyl (C=O) groups excluding carboxylic acids is 1. The lowest BCUT2D eigenvalue weighted by Gasteiger charge is -2.20. The summed E-state index contributed by atoms with van der Waals surface area (Å²) in [6.07, 6.45) is -0.873. The van der Waals surface area contributed by atoms with E-state index in [0.717, 1.165) is 0 Å². The van der Waals surface area contributed by atoms with Crippen LogP contribution in [0, 0.1) is 17.2 Å². The summed E-state index contributed by atoms with van der Waals surface area (Å²) in [6.45, 7) is 3.58. The van der Waals surface area contributed by atoms with Crippen LogP contribution in [0.25, 0.3) is 0 Å². The van der Waals surface area contributed by atoms with Gasteiger partial charge < -0.3 is 4.90 Å². The van der Waals surface area contributed by atoms with Gasteiger partial charge in [0.2, 0.25) is 5.91 Å². The quantitative estimate of drug-likeness (QED) is 0.612. The standard InChI is InChI=1S/C9H13FN2O/c1-6(2)9(13)12-5-7(10)3-8(12)4-11/h6-8H,3,5H2,1-2H3/t7-,8+/m1/s1. The molecule has 0 spiro atoms. The van der Waals surface area contributed by atoms with E-state index in [9.17, 15) is 9.18 Å². The van der Waals surface area contributed by atoms with E-state index >= 15 is 0 Å². The number of nitriles is 1. The van der Waals surface area contributed by atoms with Crippen molar-refractivity contribution in [3.05, 3.63) is 0 Å². The first kappa shape index (κ1) is 9.97. The van der Waals surface area contributed by atoms with Gasteiger partial charge in [0, 0.05) is 12.3 Å². The minimum atomic E-state index is -1.03. The molecule has 1 amide bonds. The molecular weight excluding hydrogens is 171 g/mol. The number of nitrogens with zero attached hydrogens (tertiary/aromatic N) is 2. The Kier molecular flexibility index (Phi) is 2.86. The maximum Gasteiger partial charge on any atom is 0.226 e. The number of amides is 1. The topological polar surface area (TPSA) is 44.1 Å². The van der Waals surface area contributed by atoms with Crippen LogP contribution >= 0.6 is 0 Å². The van der Waals surface area contributed by atoms with Crippen LogP contribution < -0.4 is 0 Å². The molecular formula is C9H13FN2O. The number of alkyl halides is 1. The van der Waals surface area contributed by atoms with E-state index in [4.69, 9.17) is 5.26 Å². The molecule has 1 aliphatic rings. The van der Waals surface area contributed by atoms with Crippen LogP contribution in [0.15, 0.2) is 0 Å². The molecule has 0 aromatic carbocycles. The lowest BCUT2D eigenvalue weighted by atomic mass is 10.1. The van der Waals surface area contributed by atoms with E-state index in [2.05, 4.69) is 0 Å². The van der Waals surface area contributed by atoms with Crippen molar-refractivity contribution >= 4 is 5.91 Å². The van der Waals surface area contributed by atoms with Crippen molar-refractivity contribution in [3.63, 3.8) is 0 Å². The lowest BCUT2D eigenvalue weighted by Crippen LogP contribution is -2.37. The first-order valence-electron chi connectivity index (χ1n) is 4.40. The number of hydrogen-bond acceptors (Lipinski definition) is 2. The largest absolute Gasteiger partial charge is 0.323 e. The Labute approximate surface area is 77.1 Å². The third-order valence-corrected chi connectivity index (χ3v) is 2.18. The Balaban J connectivity index is 2.70. The van der Waals surface area contributed by atoms with E-state index in [-0.39, 0.29) is 24.8 Å². The van der Waals surface area contributed by atoms with E-state index in [1.165, 1.54) is 4.90 Å². The molecule has 1 heterocycles. The second-order valence-corrected chi connectivity index (χ2v) is 3.62. The van der Waals surface area contributed by atoms with Gasteiger partial charge in [-0.3, -0.25) is 4.79 Å². The van der Waals surface area contributed by atoms with Crippen molar-refractivity contribution < 1.29 is 9.18 Å². The summed E-state index contributed by atoms with van der Waals surface area (Å²) in [5, 5.41) is 8.67. The summed E-state index contributed by atoms with van der Waals surface area (Å²) in [5.74, 6) is -0.298. The van der Waals surface area contributed by atoms with Crippen molar-refractivity contribution in [2.75, 3.05) is 6.54 Å². The third-order valence-electron chi connectivity index (χ3n) is 2.18. The normalized spacial score (nSPS) is 27.8. The van der Waals surface area contributed by atoms with Crippen LogP contribution in [-0.4, -0.2) is 29.6 Å². The highest BCUT2D eigenvalue weighted by molar-refractivity contribution is 5.79. The molecule has 1 rings (SSSR count). The van der Waals surface area contributed by atoms with Crippen LogP contribution in [0.1, 0.15) is 20.3 Å². The van der Waals surface area contributed by atoms with Crippen molar-refractivity contribution in [1.82, 2.24) is 4.90 Å². The Morgan fingerprint density at radius 1 is 1.69 bits per heavy atom. The molecule has 0 bridgehead atoms. The number of carbonyl (C=O) groups is 1. The smallest absolute Gasteiger partial charge is 0.226 e. The molecule has 0 N–H and O–H groups in total. The Morgan fingerprint density at radius 2 is 2.31 bits per heavy atom. The number of hydrogen-bond donors (Lipinski definition) is 0. The molecule has 72 valence electrons. The van der Waals surface area contributed by atoms with Crippen LogP contribution in [0.3, 0.4) is 0 Å². The molecule has 4 heteroatoms. The van der Waals surface area contributed by atoms with Crippen LogP contribution in [-0.2, 0) is 4.79 Å². The van der Waals surface area contributed by atoms with Gasteiger partial charge in [0.05, 0.1) is 12.6 Å². The van der Waals surface area contributed by atoms with E-state index in [1.54, 1.807) is 13.8 Å². The van der Waals surface area contributed by atoms with Crippen LogP contribution in [0.4, 0.5) is 4.39 Å². The van der Waals surface area contributed by atoms with Gasteiger partial charge in [-0.05, 0) is 0 Å². The maximum absolute atomic E-state index is 12.9. The van der Waals surface area contributed by atoms with Gasteiger partial charge >= 0.3 is 0 Å². The van der Waals surface area contributed by atoms with Crippen molar-refractivity contribution in [1.29, 1.82) is 5.26 Å². The Morgan fingerprint density at radius 3 is 2.77 bits per heavy atom. The molecule has 0 radical (unpaired) electrons. The van der Waals surface area contributed by atoms with E-state index < -0.39 is 12.2 Å². The summed E-state index contributed by atoms with van der Waals surface area (Å²) in [7, 11) is 0. The molecule has 2 atom stereocenters. The van der Waals surface area contributed by atoms with Gasteiger partial charge in [-0.25, -0.2) is 4.39 Å². The lowest BCUT2D eigenvalue weighted by molar-refractivity contribution is -0.134. The number of rotatable bonds is 1. The fraction of sp³-hybridized carbons (Fsp3) is 0.778. The second kappa shape index (κ2) is 3.73. The maximum atomic E-state index is 12.9. The van der Waals surface area contributed by atoms with E-state index in [1.807, 2.05) is 6.07 Å². The molecule has 0 aliphatic carbocycles. The molecule has 3 nitrogen and oxygen atoms in total. The van der Waals surface area contributed by atoms with Crippen molar-refractivity contribution in [3.8, 4) is 6.07 Å². The van der Waals surface area contributed by atoms with Gasteiger partial charge in [-0.2, -0.15) is 5.26 Å². The molecule has 1 aliphatic heterocycles. The Hall–Kier alpha value is -1.11. The molecule has 13 heavy (non-hydrogen) atoms. The summed E-state index contributed by atoms with van der Waals surface area (Å²) in [5.41, 5.74) is 0. The highest BCUT2D eigenvalue weighted by atomic mass is 19.1. The van der Waals surface area contributed by atoms with Gasteiger partial charge in [-0.1, -0.05) is 13.8 Å². The fourth-order valence-electron chi connectivity index (χ4n) is 1.48. The predicted octanol–water partition coefficient (Wildman–Crippen LogP) is 1.10. The minimum absolute atomic E-state index is 0.0786. The number of halogens is 1. The summed E-state index contributed by atoms with van der Waals surface area (Å²) in [4.78, 5) is 12.8. The molecule has 0 unspecified atom stereocenters. The molecule has 1 fully saturated rings. The second-order valence-electron chi connectivity index (χ2n) is 3.62. The first-order valence-corrected chi connectivity index (χ1v) is 4.40. The zero-order valence-electron chi connectivity index (χ0n) is 7.83. The van der Waals surface area contributed by atoms with Crippen LogP contribution in [0.2, 0.25) is 0 Å².